The van der Waals surface area contributed by atoms with Crippen molar-refractivity contribution >= 4 is 17.6 Å². The number of nitrogens with one attached hydrogen (secondary N) is 2. The fourth-order valence-corrected chi connectivity index (χ4v) is 5.38. The Morgan fingerprint density at radius 1 is 1.09 bits per heavy atom. The van der Waals surface area contributed by atoms with Crippen molar-refractivity contribution in [2.24, 2.45) is 0 Å². The minimum Gasteiger partial charge on any atom is -0.392 e. The van der Waals surface area contributed by atoms with Gasteiger partial charge >= 0.3 is 6.03 Å². The van der Waals surface area contributed by atoms with Gasteiger partial charge in [0.05, 0.1) is 12.1 Å². The minimum atomic E-state index is -0.491. The van der Waals surface area contributed by atoms with Crippen LogP contribution in [0.1, 0.15) is 56.9 Å². The van der Waals surface area contributed by atoms with Gasteiger partial charge in [-0.3, -0.25) is 9.69 Å². The first-order chi connectivity index (χ1) is 15.4. The van der Waals surface area contributed by atoms with E-state index in [4.69, 9.17) is 0 Å². The molecule has 3 fully saturated rings. The molecule has 4 rings (SSSR count). The predicted molar refractivity (Wildman–Crippen MR) is 121 cm³/mol. The molecule has 7 nitrogen and oxygen atoms in total. The van der Waals surface area contributed by atoms with Crippen LogP contribution < -0.4 is 10.6 Å². The molecule has 1 aromatic carbocycles. The number of benzene rings is 1. The Bertz CT molecular complexity index is 821. The molecule has 1 aliphatic carbocycles. The van der Waals surface area contributed by atoms with Crippen molar-refractivity contribution in [1.82, 2.24) is 15.1 Å². The summed E-state index contributed by atoms with van der Waals surface area (Å²) >= 11 is 0. The molecule has 0 unspecified atom stereocenters. The SMILES string of the molecule is Cc1c(F)cccc1NC(=O)N1CCC(N2C[C@H](O)C[C@H]2C(=O)NC2CCCCC2)CC1. The molecule has 0 radical (unpaired) electrons. The Labute approximate surface area is 189 Å². The average Bonchev–Trinajstić information content (AvgIpc) is 3.19. The van der Waals surface area contributed by atoms with Gasteiger partial charge in [0.1, 0.15) is 5.82 Å². The van der Waals surface area contributed by atoms with Gasteiger partial charge in [0, 0.05) is 43.0 Å². The summed E-state index contributed by atoms with van der Waals surface area (Å²) in [5.41, 5.74) is 0.910. The Balaban J connectivity index is 1.31. The molecule has 3 aliphatic rings. The molecule has 32 heavy (non-hydrogen) atoms. The molecule has 0 aromatic heterocycles. The zero-order valence-electron chi connectivity index (χ0n) is 18.9. The van der Waals surface area contributed by atoms with E-state index in [2.05, 4.69) is 15.5 Å². The highest BCUT2D eigenvalue weighted by molar-refractivity contribution is 5.90. The van der Waals surface area contributed by atoms with Gasteiger partial charge in [-0.2, -0.15) is 0 Å². The van der Waals surface area contributed by atoms with E-state index in [-0.39, 0.29) is 35.9 Å². The number of carbonyl (C=O) groups is 2. The maximum Gasteiger partial charge on any atom is 0.321 e. The number of carbonyl (C=O) groups excluding carboxylic acids is 2. The normalized spacial score (nSPS) is 25.7. The van der Waals surface area contributed by atoms with Crippen molar-refractivity contribution in [3.05, 3.63) is 29.6 Å². The molecule has 2 heterocycles. The molecule has 0 bridgehead atoms. The van der Waals surface area contributed by atoms with Crippen LogP contribution in [0.2, 0.25) is 0 Å². The van der Waals surface area contributed by atoms with Crippen molar-refractivity contribution < 1.29 is 19.1 Å². The van der Waals surface area contributed by atoms with E-state index in [1.807, 2.05) is 0 Å². The first-order valence-corrected chi connectivity index (χ1v) is 12.0. The number of hydrogen-bond donors (Lipinski definition) is 3. The molecular weight excluding hydrogens is 411 g/mol. The third-order valence-electron chi connectivity index (χ3n) is 7.30. The smallest absolute Gasteiger partial charge is 0.321 e. The van der Waals surface area contributed by atoms with E-state index >= 15 is 0 Å². The Kier molecular flexibility index (Phi) is 7.30. The lowest BCUT2D eigenvalue weighted by molar-refractivity contribution is -0.127. The molecule has 1 aromatic rings. The molecule has 2 atom stereocenters. The lowest BCUT2D eigenvalue weighted by atomic mass is 9.95. The zero-order chi connectivity index (χ0) is 22.7. The number of aliphatic hydroxyl groups excluding tert-OH is 1. The minimum absolute atomic E-state index is 0.0372. The van der Waals surface area contributed by atoms with Gasteiger partial charge in [-0.15, -0.1) is 0 Å². The Hall–Kier alpha value is -2.19. The first kappa shape index (κ1) is 23.0. The standard InChI is InChI=1S/C24H35FN4O3/c1-16-20(25)8-5-9-21(16)27-24(32)28-12-10-18(11-13-28)29-15-19(30)14-22(29)23(31)26-17-6-3-2-4-7-17/h5,8-9,17-19,22,30H,2-4,6-7,10-15H2,1H3,(H,26,31)(H,27,32)/t19-,22+/m1/s1. The molecule has 0 spiro atoms. The monoisotopic (exact) mass is 446 g/mol. The summed E-state index contributed by atoms with van der Waals surface area (Å²) in [6, 6.07) is 4.55. The van der Waals surface area contributed by atoms with Crippen LogP contribution in [0.4, 0.5) is 14.9 Å². The quantitative estimate of drug-likeness (QED) is 0.664. The fraction of sp³-hybridized carbons (Fsp3) is 0.667. The maximum absolute atomic E-state index is 13.8. The molecule has 8 heteroatoms. The Morgan fingerprint density at radius 2 is 1.81 bits per heavy atom. The molecular formula is C24H35FN4O3. The first-order valence-electron chi connectivity index (χ1n) is 12.0. The zero-order valence-corrected chi connectivity index (χ0v) is 18.9. The molecule has 3 amide bonds. The van der Waals surface area contributed by atoms with E-state index in [9.17, 15) is 19.1 Å². The number of β-amino-alcohol motifs (C(OH)–C–C–N with tert-alkyl or cyclic N) is 1. The van der Waals surface area contributed by atoms with Gasteiger partial charge in [0.2, 0.25) is 5.91 Å². The summed E-state index contributed by atoms with van der Waals surface area (Å²) in [5.74, 6) is -0.304. The lowest BCUT2D eigenvalue weighted by Gasteiger charge is -2.39. The van der Waals surface area contributed by atoms with Crippen LogP contribution in [-0.2, 0) is 4.79 Å². The summed E-state index contributed by atoms with van der Waals surface area (Å²) in [7, 11) is 0. The second-order valence-corrected chi connectivity index (χ2v) is 9.51. The third kappa shape index (κ3) is 5.23. The number of aliphatic hydroxyl groups is 1. The van der Waals surface area contributed by atoms with Crippen molar-refractivity contribution in [1.29, 1.82) is 0 Å². The van der Waals surface area contributed by atoms with Crippen LogP contribution in [0.5, 0.6) is 0 Å². The second kappa shape index (κ2) is 10.2. The van der Waals surface area contributed by atoms with Crippen LogP contribution in [-0.4, -0.2) is 70.7 Å². The average molecular weight is 447 g/mol. The van der Waals surface area contributed by atoms with Gasteiger partial charge in [-0.1, -0.05) is 25.3 Å². The highest BCUT2D eigenvalue weighted by Gasteiger charge is 2.41. The van der Waals surface area contributed by atoms with Crippen LogP contribution in [0.3, 0.4) is 0 Å². The van der Waals surface area contributed by atoms with Gasteiger partial charge in [0.15, 0.2) is 0 Å². The topological polar surface area (TPSA) is 84.9 Å². The largest absolute Gasteiger partial charge is 0.392 e. The van der Waals surface area contributed by atoms with Crippen LogP contribution in [0.15, 0.2) is 18.2 Å². The third-order valence-corrected chi connectivity index (χ3v) is 7.30. The molecule has 2 aliphatic heterocycles. The second-order valence-electron chi connectivity index (χ2n) is 9.51. The van der Waals surface area contributed by atoms with Crippen LogP contribution in [0, 0.1) is 12.7 Å². The highest BCUT2D eigenvalue weighted by atomic mass is 19.1. The molecule has 176 valence electrons. The summed E-state index contributed by atoms with van der Waals surface area (Å²) in [6.45, 7) is 3.28. The number of halogens is 1. The number of amides is 3. The summed E-state index contributed by atoms with van der Waals surface area (Å²) in [5, 5.41) is 16.3. The van der Waals surface area contributed by atoms with E-state index in [1.165, 1.54) is 12.5 Å². The molecule has 3 N–H and O–H groups in total. The molecule has 1 saturated carbocycles. The van der Waals surface area contributed by atoms with E-state index < -0.39 is 6.10 Å². The van der Waals surface area contributed by atoms with Gasteiger partial charge in [-0.05, 0) is 51.2 Å². The highest BCUT2D eigenvalue weighted by Crippen LogP contribution is 2.28. The summed E-state index contributed by atoms with van der Waals surface area (Å²) in [4.78, 5) is 29.5. The summed E-state index contributed by atoms with van der Waals surface area (Å²) < 4.78 is 13.8. The number of piperidine rings is 1. The van der Waals surface area contributed by atoms with E-state index in [1.54, 1.807) is 24.0 Å². The number of likely N-dealkylation sites (tertiary alicyclic amines) is 2. The van der Waals surface area contributed by atoms with Crippen molar-refractivity contribution in [2.75, 3.05) is 25.0 Å². The van der Waals surface area contributed by atoms with Crippen molar-refractivity contribution in [2.45, 2.75) is 82.5 Å². The van der Waals surface area contributed by atoms with Crippen LogP contribution >= 0.6 is 0 Å². The van der Waals surface area contributed by atoms with E-state index in [0.29, 0.717) is 37.3 Å². The number of urea groups is 1. The number of anilines is 1. The predicted octanol–water partition coefficient (Wildman–Crippen LogP) is 3.01. The van der Waals surface area contributed by atoms with Crippen molar-refractivity contribution in [3.63, 3.8) is 0 Å². The van der Waals surface area contributed by atoms with E-state index in [0.717, 1.165) is 38.5 Å². The maximum atomic E-state index is 13.8. The number of hydrogen-bond acceptors (Lipinski definition) is 4. The summed E-state index contributed by atoms with van der Waals surface area (Å²) in [6.07, 6.45) is 7.12. The Morgan fingerprint density at radius 3 is 2.53 bits per heavy atom. The lowest BCUT2D eigenvalue weighted by Crippen LogP contribution is -2.53. The number of rotatable bonds is 4. The van der Waals surface area contributed by atoms with Crippen molar-refractivity contribution in [3.8, 4) is 0 Å². The van der Waals surface area contributed by atoms with Gasteiger partial charge in [0.25, 0.3) is 0 Å². The van der Waals surface area contributed by atoms with Gasteiger partial charge in [-0.25, -0.2) is 9.18 Å². The molecule has 2 saturated heterocycles. The van der Waals surface area contributed by atoms with Gasteiger partial charge < -0.3 is 20.6 Å². The van der Waals surface area contributed by atoms with Crippen LogP contribution in [0.25, 0.3) is 0 Å². The fourth-order valence-electron chi connectivity index (χ4n) is 5.38. The number of nitrogens with zero attached hydrogens (tertiary/aromatic N) is 2.